The summed E-state index contributed by atoms with van der Waals surface area (Å²) in [5.41, 5.74) is 2.50. The molecule has 0 saturated heterocycles. The molecular weight excluding hydrogens is 582 g/mol. The Morgan fingerprint density at radius 1 is 0.900 bits per heavy atom. The number of halogens is 1. The van der Waals surface area contributed by atoms with Gasteiger partial charge in [0.1, 0.15) is 11.3 Å². The van der Waals surface area contributed by atoms with Crippen LogP contribution in [0.2, 0.25) is 0 Å². The van der Waals surface area contributed by atoms with E-state index in [-0.39, 0.29) is 41.0 Å². The molecule has 0 radical (unpaired) electrons. The Hall–Kier alpha value is -4.64. The number of esters is 2. The van der Waals surface area contributed by atoms with Crippen LogP contribution in [0, 0.1) is 6.92 Å². The first-order valence-corrected chi connectivity index (χ1v) is 12.8. The van der Waals surface area contributed by atoms with Gasteiger partial charge in [-0.15, -0.1) is 0 Å². The van der Waals surface area contributed by atoms with Gasteiger partial charge in [-0.1, -0.05) is 36.4 Å². The molecule has 0 saturated carbocycles. The Labute approximate surface area is 238 Å². The zero-order valence-electron chi connectivity index (χ0n) is 22.2. The summed E-state index contributed by atoms with van der Waals surface area (Å²) in [6, 6.07) is 19.4. The normalized spacial score (nSPS) is 10.5. The molecule has 1 aromatic heterocycles. The minimum Gasteiger partial charge on any atom is -0.493 e. The highest BCUT2D eigenvalue weighted by atomic mass is 79.9. The van der Waals surface area contributed by atoms with E-state index in [1.165, 1.54) is 26.0 Å². The number of amides is 1. The molecule has 10 nitrogen and oxygen atoms in total. The van der Waals surface area contributed by atoms with Crippen LogP contribution in [0.3, 0.4) is 0 Å². The second-order valence-electron chi connectivity index (χ2n) is 8.44. The van der Waals surface area contributed by atoms with Crippen molar-refractivity contribution in [2.24, 2.45) is 0 Å². The van der Waals surface area contributed by atoms with Gasteiger partial charge >= 0.3 is 11.9 Å². The zero-order valence-corrected chi connectivity index (χ0v) is 23.8. The van der Waals surface area contributed by atoms with Crippen molar-refractivity contribution in [3.63, 3.8) is 0 Å². The minimum atomic E-state index is -0.781. The highest BCUT2D eigenvalue weighted by Gasteiger charge is 2.32. The van der Waals surface area contributed by atoms with Crippen molar-refractivity contribution in [1.82, 2.24) is 9.78 Å². The quantitative estimate of drug-likeness (QED) is 0.258. The topological polar surface area (TPSA) is 118 Å². The highest BCUT2D eigenvalue weighted by molar-refractivity contribution is 9.10. The SMILES string of the molecule is COC(=O)c1c(-c2cc(OC)c(OCC(=O)Nc3ccccc3C)cc2Br)nn(-c2ccccc2)c1C(=O)OC. The summed E-state index contributed by atoms with van der Waals surface area (Å²) in [6.45, 7) is 1.61. The van der Waals surface area contributed by atoms with E-state index in [0.29, 0.717) is 21.4 Å². The maximum absolute atomic E-state index is 13.0. The van der Waals surface area contributed by atoms with Crippen LogP contribution in [0.1, 0.15) is 26.4 Å². The van der Waals surface area contributed by atoms with Crippen LogP contribution in [-0.2, 0) is 14.3 Å². The maximum Gasteiger partial charge on any atom is 0.357 e. The summed E-state index contributed by atoms with van der Waals surface area (Å²) in [5.74, 6) is -1.36. The van der Waals surface area contributed by atoms with E-state index in [2.05, 4.69) is 26.3 Å². The maximum atomic E-state index is 13.0. The van der Waals surface area contributed by atoms with E-state index < -0.39 is 11.9 Å². The molecule has 4 rings (SSSR count). The monoisotopic (exact) mass is 607 g/mol. The fourth-order valence-electron chi connectivity index (χ4n) is 3.97. The van der Waals surface area contributed by atoms with E-state index >= 15 is 0 Å². The lowest BCUT2D eigenvalue weighted by Gasteiger charge is -2.14. The van der Waals surface area contributed by atoms with Crippen LogP contribution in [0.5, 0.6) is 11.5 Å². The van der Waals surface area contributed by atoms with Gasteiger partial charge in [0.25, 0.3) is 5.91 Å². The average Bonchev–Trinajstić information content (AvgIpc) is 3.37. The van der Waals surface area contributed by atoms with Crippen molar-refractivity contribution in [2.75, 3.05) is 33.3 Å². The smallest absolute Gasteiger partial charge is 0.357 e. The Bertz CT molecular complexity index is 1570. The van der Waals surface area contributed by atoms with E-state index in [1.807, 2.05) is 31.2 Å². The average molecular weight is 608 g/mol. The second-order valence-corrected chi connectivity index (χ2v) is 9.29. The molecule has 1 amide bonds. The molecule has 0 spiro atoms. The molecule has 0 unspecified atom stereocenters. The van der Waals surface area contributed by atoms with E-state index in [4.69, 9.17) is 18.9 Å². The number of nitrogens with zero attached hydrogens (tertiary/aromatic N) is 2. The number of anilines is 1. The first-order valence-electron chi connectivity index (χ1n) is 12.0. The first kappa shape index (κ1) is 28.4. The molecule has 0 aliphatic rings. The van der Waals surface area contributed by atoms with Gasteiger partial charge in [0, 0.05) is 15.7 Å². The molecule has 0 aliphatic carbocycles. The van der Waals surface area contributed by atoms with Gasteiger partial charge < -0.3 is 24.3 Å². The van der Waals surface area contributed by atoms with Gasteiger partial charge in [0.15, 0.2) is 23.8 Å². The third-order valence-electron chi connectivity index (χ3n) is 5.94. The van der Waals surface area contributed by atoms with Crippen LogP contribution in [0.4, 0.5) is 5.69 Å². The number of hydrogen-bond donors (Lipinski definition) is 1. The predicted octanol–water partition coefficient (Wildman–Crippen LogP) is 5.21. The number of carbonyl (C=O) groups excluding carboxylic acids is 3. The third kappa shape index (κ3) is 5.84. The van der Waals surface area contributed by atoms with Crippen molar-refractivity contribution in [3.8, 4) is 28.4 Å². The molecule has 3 aromatic carbocycles. The molecule has 206 valence electrons. The van der Waals surface area contributed by atoms with Gasteiger partial charge in [0.05, 0.1) is 27.0 Å². The van der Waals surface area contributed by atoms with Gasteiger partial charge in [-0.3, -0.25) is 4.79 Å². The largest absolute Gasteiger partial charge is 0.493 e. The Balaban J connectivity index is 1.74. The van der Waals surface area contributed by atoms with Gasteiger partial charge in [-0.05, 0) is 58.7 Å². The van der Waals surface area contributed by atoms with Crippen LogP contribution >= 0.6 is 15.9 Å². The van der Waals surface area contributed by atoms with Gasteiger partial charge in [-0.25, -0.2) is 14.3 Å². The molecule has 1 N–H and O–H groups in total. The molecule has 0 aliphatic heterocycles. The number of rotatable bonds is 9. The van der Waals surface area contributed by atoms with Crippen molar-refractivity contribution in [1.29, 1.82) is 0 Å². The van der Waals surface area contributed by atoms with E-state index in [1.54, 1.807) is 42.5 Å². The Kier molecular flexibility index (Phi) is 8.85. The standard InChI is InChI=1S/C29H26BrN3O7/c1-17-10-8-9-13-21(17)31-24(34)16-40-23-15-20(30)19(14-22(23)37-2)26-25(28(35)38-3)27(29(36)39-4)33(32-26)18-11-6-5-7-12-18/h5-15H,16H2,1-4H3,(H,31,34). The molecule has 0 fully saturated rings. The lowest BCUT2D eigenvalue weighted by Crippen LogP contribution is -2.20. The molecular formula is C29H26BrN3O7. The number of hydrogen-bond acceptors (Lipinski definition) is 8. The fourth-order valence-corrected chi connectivity index (χ4v) is 4.49. The lowest BCUT2D eigenvalue weighted by atomic mass is 10.0. The van der Waals surface area contributed by atoms with Gasteiger partial charge in [-0.2, -0.15) is 5.10 Å². The number of carbonyl (C=O) groups is 3. The summed E-state index contributed by atoms with van der Waals surface area (Å²) in [7, 11) is 3.87. The van der Waals surface area contributed by atoms with Crippen LogP contribution < -0.4 is 14.8 Å². The summed E-state index contributed by atoms with van der Waals surface area (Å²) >= 11 is 3.51. The number of aromatic nitrogens is 2. The zero-order chi connectivity index (χ0) is 28.8. The van der Waals surface area contributed by atoms with Crippen LogP contribution in [0.25, 0.3) is 16.9 Å². The predicted molar refractivity (Wildman–Crippen MR) is 151 cm³/mol. The number of benzene rings is 3. The number of para-hydroxylation sites is 2. The molecule has 4 aromatic rings. The lowest BCUT2D eigenvalue weighted by molar-refractivity contribution is -0.118. The Morgan fingerprint density at radius 3 is 2.23 bits per heavy atom. The van der Waals surface area contributed by atoms with Crippen molar-refractivity contribution < 1.29 is 33.3 Å². The van der Waals surface area contributed by atoms with E-state index in [0.717, 1.165) is 5.56 Å². The minimum absolute atomic E-state index is 0.0905. The Morgan fingerprint density at radius 2 is 1.57 bits per heavy atom. The second kappa shape index (κ2) is 12.5. The van der Waals surface area contributed by atoms with Crippen LogP contribution in [-0.4, -0.2) is 55.6 Å². The molecule has 40 heavy (non-hydrogen) atoms. The third-order valence-corrected chi connectivity index (χ3v) is 6.60. The van der Waals surface area contributed by atoms with Crippen molar-refractivity contribution in [2.45, 2.75) is 6.92 Å². The van der Waals surface area contributed by atoms with E-state index in [9.17, 15) is 14.4 Å². The molecule has 0 atom stereocenters. The molecule has 1 heterocycles. The number of aryl methyl sites for hydroxylation is 1. The van der Waals surface area contributed by atoms with Gasteiger partial charge in [0.2, 0.25) is 0 Å². The molecule has 11 heteroatoms. The van der Waals surface area contributed by atoms with Crippen molar-refractivity contribution >= 4 is 39.5 Å². The number of ether oxygens (including phenoxy) is 4. The number of nitrogens with one attached hydrogen (secondary N) is 1. The first-order chi connectivity index (χ1) is 19.3. The summed E-state index contributed by atoms with van der Waals surface area (Å²) in [6.07, 6.45) is 0. The molecule has 0 bridgehead atoms. The van der Waals surface area contributed by atoms with Crippen molar-refractivity contribution in [3.05, 3.63) is 88.0 Å². The highest BCUT2D eigenvalue weighted by Crippen LogP contribution is 2.40. The summed E-state index contributed by atoms with van der Waals surface area (Å²) < 4.78 is 23.1. The number of methoxy groups -OCH3 is 3. The summed E-state index contributed by atoms with van der Waals surface area (Å²) in [5, 5.41) is 7.42. The summed E-state index contributed by atoms with van der Waals surface area (Å²) in [4.78, 5) is 38.4. The van der Waals surface area contributed by atoms with Crippen LogP contribution in [0.15, 0.2) is 71.2 Å². The fraction of sp³-hybridized carbons (Fsp3) is 0.172.